The second-order valence-electron chi connectivity index (χ2n) is 7.85. The predicted molar refractivity (Wildman–Crippen MR) is 109 cm³/mol. The van der Waals surface area contributed by atoms with Crippen LogP contribution in [0.4, 0.5) is 0 Å². The van der Waals surface area contributed by atoms with Crippen LogP contribution in [0, 0.1) is 45.3 Å². The summed E-state index contributed by atoms with van der Waals surface area (Å²) in [5.74, 6) is -0.371. The molecule has 1 aliphatic heterocycles. The summed E-state index contributed by atoms with van der Waals surface area (Å²) in [7, 11) is 0. The minimum absolute atomic E-state index is 0.0279. The molecule has 0 unspecified atom stereocenters. The summed E-state index contributed by atoms with van der Waals surface area (Å²) in [5.41, 5.74) is 7.38. The Kier molecular flexibility index (Phi) is 5.43. The van der Waals surface area contributed by atoms with Gasteiger partial charge in [-0.15, -0.1) is 11.3 Å². The summed E-state index contributed by atoms with van der Waals surface area (Å²) in [5, 5.41) is 32.0. The minimum Gasteiger partial charge on any atom is -0.399 e. The van der Waals surface area contributed by atoms with Gasteiger partial charge in [0, 0.05) is 30.4 Å². The van der Waals surface area contributed by atoms with Crippen LogP contribution in [-0.4, -0.2) is 31.2 Å². The predicted octanol–water partition coefficient (Wildman–Crippen LogP) is 3.17. The first-order chi connectivity index (χ1) is 14.1. The van der Waals surface area contributed by atoms with Crippen LogP contribution in [0.2, 0.25) is 0 Å². The van der Waals surface area contributed by atoms with Crippen molar-refractivity contribution >= 4 is 11.3 Å². The van der Waals surface area contributed by atoms with Crippen molar-refractivity contribution in [2.24, 2.45) is 17.1 Å². The van der Waals surface area contributed by atoms with Gasteiger partial charge in [0.2, 0.25) is 0 Å². The molecule has 2 heterocycles. The average Bonchev–Trinajstić information content (AvgIpc) is 3.21. The number of thiophene rings is 1. The standard InChI is InChI=1S/C22H23N5OS/c23-10-18-16-3-1-2-4-17(16)20(22(13-24,14-25)21(18)26)19-9-15(12-29-19)11-27-5-7-28-8-6-27/h3,9,12,17,20H,1-2,4-8,11,26H2/t17-,20-/m0/s1. The maximum atomic E-state index is 10.1. The Bertz CT molecular complexity index is 966. The third-order valence-electron chi connectivity index (χ3n) is 6.29. The lowest BCUT2D eigenvalue weighted by atomic mass is 9.58. The fourth-order valence-corrected chi connectivity index (χ4v) is 5.97. The Morgan fingerprint density at radius 1 is 1.24 bits per heavy atom. The number of hydrogen-bond donors (Lipinski definition) is 1. The normalized spacial score (nSPS) is 26.6. The highest BCUT2D eigenvalue weighted by molar-refractivity contribution is 7.10. The quantitative estimate of drug-likeness (QED) is 0.827. The van der Waals surface area contributed by atoms with Crippen molar-refractivity contribution in [3.05, 3.63) is 44.8 Å². The van der Waals surface area contributed by atoms with Gasteiger partial charge in [-0.25, -0.2) is 0 Å². The van der Waals surface area contributed by atoms with E-state index in [4.69, 9.17) is 10.5 Å². The monoisotopic (exact) mass is 405 g/mol. The molecule has 2 aliphatic carbocycles. The highest BCUT2D eigenvalue weighted by atomic mass is 32.1. The fraction of sp³-hybridized carbons (Fsp3) is 0.500. The van der Waals surface area contributed by atoms with Crippen LogP contribution >= 0.6 is 11.3 Å². The molecule has 0 radical (unpaired) electrons. The smallest absolute Gasteiger partial charge is 0.192 e. The number of nitrogens with two attached hydrogens (primary N) is 1. The van der Waals surface area contributed by atoms with Gasteiger partial charge in [-0.05, 0) is 47.8 Å². The number of morpholine rings is 1. The molecule has 2 atom stereocenters. The van der Waals surface area contributed by atoms with Crippen molar-refractivity contribution in [3.8, 4) is 18.2 Å². The summed E-state index contributed by atoms with van der Waals surface area (Å²) in [6, 6.07) is 8.73. The Morgan fingerprint density at radius 2 is 2.00 bits per heavy atom. The molecule has 7 heteroatoms. The van der Waals surface area contributed by atoms with E-state index in [0.717, 1.165) is 62.6 Å². The molecule has 3 aliphatic rings. The molecule has 1 saturated heterocycles. The molecular formula is C22H23N5OS. The maximum Gasteiger partial charge on any atom is 0.192 e. The Morgan fingerprint density at radius 3 is 2.69 bits per heavy atom. The van der Waals surface area contributed by atoms with Crippen LogP contribution in [0.3, 0.4) is 0 Å². The number of nitriles is 3. The van der Waals surface area contributed by atoms with Crippen molar-refractivity contribution in [1.29, 1.82) is 15.8 Å². The van der Waals surface area contributed by atoms with E-state index in [9.17, 15) is 15.8 Å². The molecule has 148 valence electrons. The van der Waals surface area contributed by atoms with Crippen molar-refractivity contribution in [1.82, 2.24) is 4.90 Å². The molecule has 1 fully saturated rings. The van der Waals surface area contributed by atoms with Crippen molar-refractivity contribution in [3.63, 3.8) is 0 Å². The third kappa shape index (κ3) is 3.24. The van der Waals surface area contributed by atoms with Crippen molar-refractivity contribution in [2.75, 3.05) is 26.3 Å². The van der Waals surface area contributed by atoms with Gasteiger partial charge in [-0.3, -0.25) is 4.90 Å². The van der Waals surface area contributed by atoms with Crippen LogP contribution in [-0.2, 0) is 11.3 Å². The minimum atomic E-state index is -1.51. The highest BCUT2D eigenvalue weighted by Crippen LogP contribution is 2.56. The SMILES string of the molecule is N#CC1=C(N)C(C#N)(C#N)[C@H](c2cc(CN3CCOCC3)cs2)[C@H]2CCCC=C12. The van der Waals surface area contributed by atoms with Crippen LogP contribution in [0.15, 0.2) is 34.4 Å². The lowest BCUT2D eigenvalue weighted by molar-refractivity contribution is 0.0342. The summed E-state index contributed by atoms with van der Waals surface area (Å²) >= 11 is 1.60. The zero-order chi connectivity index (χ0) is 20.4. The second kappa shape index (κ2) is 8.01. The van der Waals surface area contributed by atoms with Crippen molar-refractivity contribution < 1.29 is 4.74 Å². The van der Waals surface area contributed by atoms with Crippen LogP contribution in [0.25, 0.3) is 0 Å². The summed E-state index contributed by atoms with van der Waals surface area (Å²) < 4.78 is 5.42. The zero-order valence-corrected chi connectivity index (χ0v) is 17.0. The van der Waals surface area contributed by atoms with E-state index in [1.54, 1.807) is 11.3 Å². The van der Waals surface area contributed by atoms with Crippen LogP contribution in [0.1, 0.15) is 35.6 Å². The molecule has 6 nitrogen and oxygen atoms in total. The van der Waals surface area contributed by atoms with Gasteiger partial charge in [0.15, 0.2) is 5.41 Å². The topological polar surface area (TPSA) is 110 Å². The first kappa shape index (κ1) is 19.7. The first-order valence-corrected chi connectivity index (χ1v) is 10.8. The van der Waals surface area contributed by atoms with E-state index in [1.807, 2.05) is 0 Å². The van der Waals surface area contributed by atoms with Gasteiger partial charge < -0.3 is 10.5 Å². The van der Waals surface area contributed by atoms with Gasteiger partial charge in [0.05, 0.1) is 36.6 Å². The number of rotatable bonds is 3. The van der Waals surface area contributed by atoms with E-state index in [2.05, 4.69) is 40.6 Å². The highest BCUT2D eigenvalue weighted by Gasteiger charge is 2.54. The number of nitrogens with zero attached hydrogens (tertiary/aromatic N) is 4. The molecule has 4 rings (SSSR count). The molecule has 1 aromatic heterocycles. The van der Waals surface area contributed by atoms with Gasteiger partial charge >= 0.3 is 0 Å². The summed E-state index contributed by atoms with van der Waals surface area (Å²) in [4.78, 5) is 3.36. The van der Waals surface area contributed by atoms with E-state index in [-0.39, 0.29) is 17.5 Å². The van der Waals surface area contributed by atoms with E-state index in [1.165, 1.54) is 5.56 Å². The Balaban J connectivity index is 1.75. The molecular weight excluding hydrogens is 382 g/mol. The number of hydrogen-bond acceptors (Lipinski definition) is 7. The molecule has 0 aromatic carbocycles. The van der Waals surface area contributed by atoms with Gasteiger partial charge in [0.1, 0.15) is 6.07 Å². The first-order valence-electron chi connectivity index (χ1n) is 9.95. The molecule has 0 spiro atoms. The van der Waals surface area contributed by atoms with Gasteiger partial charge in [-0.2, -0.15) is 15.8 Å². The summed E-state index contributed by atoms with van der Waals surface area (Å²) in [6.45, 7) is 4.15. The molecule has 2 N–H and O–H groups in total. The lowest BCUT2D eigenvalue weighted by Gasteiger charge is -2.42. The van der Waals surface area contributed by atoms with Gasteiger partial charge in [0.25, 0.3) is 0 Å². The second-order valence-corrected chi connectivity index (χ2v) is 8.80. The van der Waals surface area contributed by atoms with Crippen LogP contribution in [0.5, 0.6) is 0 Å². The zero-order valence-electron chi connectivity index (χ0n) is 16.2. The van der Waals surface area contributed by atoms with Gasteiger partial charge in [-0.1, -0.05) is 6.08 Å². The van der Waals surface area contributed by atoms with E-state index < -0.39 is 5.41 Å². The Hall–Kier alpha value is -2.63. The van der Waals surface area contributed by atoms with Crippen molar-refractivity contribution in [2.45, 2.75) is 31.7 Å². The summed E-state index contributed by atoms with van der Waals surface area (Å²) in [6.07, 6.45) is 4.82. The lowest BCUT2D eigenvalue weighted by Crippen LogP contribution is -2.42. The van der Waals surface area contributed by atoms with E-state index >= 15 is 0 Å². The fourth-order valence-electron chi connectivity index (χ4n) is 4.84. The molecule has 0 amide bonds. The average molecular weight is 406 g/mol. The third-order valence-corrected chi connectivity index (χ3v) is 7.35. The number of allylic oxidation sites excluding steroid dienone is 4. The number of fused-ring (bicyclic) bond motifs is 1. The van der Waals surface area contributed by atoms with E-state index in [0.29, 0.717) is 5.57 Å². The molecule has 29 heavy (non-hydrogen) atoms. The van der Waals surface area contributed by atoms with Crippen LogP contribution < -0.4 is 5.73 Å². The Labute approximate surface area is 175 Å². The maximum absolute atomic E-state index is 10.1. The molecule has 1 aromatic rings. The molecule has 0 saturated carbocycles. The number of ether oxygens (including phenoxy) is 1. The molecule has 0 bridgehead atoms. The largest absolute Gasteiger partial charge is 0.399 e.